The van der Waals surface area contributed by atoms with Crippen LogP contribution in [0.2, 0.25) is 0 Å². The van der Waals surface area contributed by atoms with Gasteiger partial charge in [-0.15, -0.1) is 0 Å². The molecule has 3 rings (SSSR count). The van der Waals surface area contributed by atoms with Crippen LogP contribution in [0.3, 0.4) is 0 Å². The highest BCUT2D eigenvalue weighted by atomic mass is 32.2. The molecule has 6 heteroatoms. The fourth-order valence-corrected chi connectivity index (χ4v) is 4.54. The molecule has 1 saturated heterocycles. The standard InChI is InChI=1S/C14H18N2O3S/c17-14-6-5-10(16-14)9-15-12-7-8-20(18,19)13-4-2-1-3-11(12)13/h1-4,10,12,15H,5-9H2,(H,16,17). The molecule has 108 valence electrons. The van der Waals surface area contributed by atoms with E-state index in [1.165, 1.54) is 0 Å². The zero-order chi connectivity index (χ0) is 14.2. The van der Waals surface area contributed by atoms with Gasteiger partial charge in [-0.2, -0.15) is 0 Å². The van der Waals surface area contributed by atoms with Crippen LogP contribution in [0.1, 0.15) is 30.9 Å². The molecule has 0 bridgehead atoms. The van der Waals surface area contributed by atoms with Crippen molar-refractivity contribution in [1.82, 2.24) is 10.6 Å². The van der Waals surface area contributed by atoms with Gasteiger partial charge in [0.25, 0.3) is 0 Å². The van der Waals surface area contributed by atoms with Gasteiger partial charge < -0.3 is 10.6 Å². The maximum Gasteiger partial charge on any atom is 0.220 e. The number of carbonyl (C=O) groups is 1. The average Bonchev–Trinajstić information content (AvgIpc) is 2.84. The zero-order valence-corrected chi connectivity index (χ0v) is 11.9. The summed E-state index contributed by atoms with van der Waals surface area (Å²) in [5.41, 5.74) is 0.850. The number of amides is 1. The highest BCUT2D eigenvalue weighted by molar-refractivity contribution is 7.91. The Morgan fingerprint density at radius 3 is 2.80 bits per heavy atom. The summed E-state index contributed by atoms with van der Waals surface area (Å²) in [5, 5.41) is 6.31. The number of fused-ring (bicyclic) bond motifs is 1. The first-order valence-electron chi connectivity index (χ1n) is 6.91. The Morgan fingerprint density at radius 2 is 2.05 bits per heavy atom. The Hall–Kier alpha value is -1.40. The Kier molecular flexibility index (Phi) is 3.52. The summed E-state index contributed by atoms with van der Waals surface area (Å²) in [7, 11) is -3.13. The Morgan fingerprint density at radius 1 is 1.25 bits per heavy atom. The monoisotopic (exact) mass is 294 g/mol. The molecular formula is C14H18N2O3S. The van der Waals surface area contributed by atoms with E-state index in [1.807, 2.05) is 12.1 Å². The highest BCUT2D eigenvalue weighted by Gasteiger charge is 2.30. The fraction of sp³-hybridized carbons (Fsp3) is 0.500. The van der Waals surface area contributed by atoms with Gasteiger partial charge in [0.05, 0.1) is 10.6 Å². The van der Waals surface area contributed by atoms with Crippen LogP contribution < -0.4 is 10.6 Å². The van der Waals surface area contributed by atoms with Gasteiger partial charge in [-0.1, -0.05) is 18.2 Å². The van der Waals surface area contributed by atoms with Crippen LogP contribution in [0.4, 0.5) is 0 Å². The summed E-state index contributed by atoms with van der Waals surface area (Å²) in [6.45, 7) is 0.685. The van der Waals surface area contributed by atoms with E-state index in [0.717, 1.165) is 12.0 Å². The highest BCUT2D eigenvalue weighted by Crippen LogP contribution is 2.31. The minimum absolute atomic E-state index is 0.0484. The van der Waals surface area contributed by atoms with Crippen molar-refractivity contribution in [2.75, 3.05) is 12.3 Å². The Labute approximate surface area is 118 Å². The van der Waals surface area contributed by atoms with Gasteiger partial charge >= 0.3 is 0 Å². The molecule has 2 atom stereocenters. The summed E-state index contributed by atoms with van der Waals surface area (Å²) >= 11 is 0. The molecule has 0 spiro atoms. The summed E-state index contributed by atoms with van der Waals surface area (Å²) in [6.07, 6.45) is 2.01. The number of nitrogens with one attached hydrogen (secondary N) is 2. The maximum atomic E-state index is 12.0. The fourth-order valence-electron chi connectivity index (χ4n) is 2.92. The van der Waals surface area contributed by atoms with Gasteiger partial charge in [-0.25, -0.2) is 8.42 Å². The van der Waals surface area contributed by atoms with E-state index in [2.05, 4.69) is 10.6 Å². The van der Waals surface area contributed by atoms with Crippen LogP contribution in [0.5, 0.6) is 0 Å². The van der Waals surface area contributed by atoms with E-state index >= 15 is 0 Å². The van der Waals surface area contributed by atoms with Gasteiger partial charge in [0, 0.05) is 25.0 Å². The minimum Gasteiger partial charge on any atom is -0.352 e. The van der Waals surface area contributed by atoms with Crippen molar-refractivity contribution in [2.45, 2.75) is 36.2 Å². The van der Waals surface area contributed by atoms with Crippen molar-refractivity contribution in [3.8, 4) is 0 Å². The molecule has 0 radical (unpaired) electrons. The lowest BCUT2D eigenvalue weighted by atomic mass is 10.0. The van der Waals surface area contributed by atoms with Crippen molar-refractivity contribution in [3.05, 3.63) is 29.8 Å². The van der Waals surface area contributed by atoms with Crippen LogP contribution >= 0.6 is 0 Å². The van der Waals surface area contributed by atoms with Crippen LogP contribution in [0, 0.1) is 0 Å². The maximum absolute atomic E-state index is 12.0. The van der Waals surface area contributed by atoms with Crippen molar-refractivity contribution >= 4 is 15.7 Å². The van der Waals surface area contributed by atoms with E-state index in [1.54, 1.807) is 12.1 Å². The molecule has 2 aliphatic rings. The van der Waals surface area contributed by atoms with Gasteiger partial charge in [0.1, 0.15) is 0 Å². The molecule has 1 aromatic carbocycles. The third-order valence-corrected chi connectivity index (χ3v) is 5.82. The lowest BCUT2D eigenvalue weighted by Crippen LogP contribution is -2.39. The van der Waals surface area contributed by atoms with E-state index in [-0.39, 0.29) is 23.7 Å². The zero-order valence-electron chi connectivity index (χ0n) is 11.1. The van der Waals surface area contributed by atoms with E-state index < -0.39 is 9.84 Å². The number of carbonyl (C=O) groups excluding carboxylic acids is 1. The first kappa shape index (κ1) is 13.6. The molecule has 5 nitrogen and oxygen atoms in total. The van der Waals surface area contributed by atoms with Crippen molar-refractivity contribution < 1.29 is 13.2 Å². The third-order valence-electron chi connectivity index (χ3n) is 4.00. The minimum atomic E-state index is -3.13. The summed E-state index contributed by atoms with van der Waals surface area (Å²) in [4.78, 5) is 11.6. The van der Waals surface area contributed by atoms with E-state index in [0.29, 0.717) is 24.3 Å². The van der Waals surface area contributed by atoms with Crippen molar-refractivity contribution in [1.29, 1.82) is 0 Å². The molecule has 1 fully saturated rings. The lowest BCUT2D eigenvalue weighted by Gasteiger charge is -2.27. The summed E-state index contributed by atoms with van der Waals surface area (Å²) < 4.78 is 24.1. The number of hydrogen-bond acceptors (Lipinski definition) is 4. The number of hydrogen-bond donors (Lipinski definition) is 2. The molecule has 2 aliphatic heterocycles. The molecule has 2 unspecified atom stereocenters. The smallest absolute Gasteiger partial charge is 0.220 e. The second-order valence-electron chi connectivity index (χ2n) is 5.41. The summed E-state index contributed by atoms with van der Waals surface area (Å²) in [6, 6.07) is 7.38. The third kappa shape index (κ3) is 2.58. The number of benzene rings is 1. The lowest BCUT2D eigenvalue weighted by molar-refractivity contribution is -0.119. The van der Waals surface area contributed by atoms with Crippen LogP contribution in [0.15, 0.2) is 29.2 Å². The van der Waals surface area contributed by atoms with Crippen LogP contribution in [-0.4, -0.2) is 32.7 Å². The molecule has 2 heterocycles. The number of sulfone groups is 1. The van der Waals surface area contributed by atoms with Gasteiger partial charge in [-0.05, 0) is 24.5 Å². The SMILES string of the molecule is O=C1CCC(CNC2CCS(=O)(=O)c3ccccc32)N1. The summed E-state index contributed by atoms with van der Waals surface area (Å²) in [5.74, 6) is 0.280. The average molecular weight is 294 g/mol. The molecule has 1 amide bonds. The molecule has 0 saturated carbocycles. The second kappa shape index (κ2) is 5.18. The molecule has 0 aliphatic carbocycles. The largest absolute Gasteiger partial charge is 0.352 e. The second-order valence-corrected chi connectivity index (χ2v) is 7.49. The Balaban J connectivity index is 1.74. The van der Waals surface area contributed by atoms with Crippen molar-refractivity contribution in [2.24, 2.45) is 0 Å². The van der Waals surface area contributed by atoms with Gasteiger partial charge in [0.2, 0.25) is 5.91 Å². The normalized spacial score (nSPS) is 27.9. The van der Waals surface area contributed by atoms with Gasteiger partial charge in [0.15, 0.2) is 9.84 Å². The molecule has 0 aromatic heterocycles. The van der Waals surface area contributed by atoms with Crippen LogP contribution in [0.25, 0.3) is 0 Å². The van der Waals surface area contributed by atoms with Crippen LogP contribution in [-0.2, 0) is 14.6 Å². The predicted octanol–water partition coefficient (Wildman–Crippen LogP) is 0.773. The van der Waals surface area contributed by atoms with E-state index in [9.17, 15) is 13.2 Å². The van der Waals surface area contributed by atoms with E-state index in [4.69, 9.17) is 0 Å². The predicted molar refractivity (Wildman–Crippen MR) is 75.0 cm³/mol. The Bertz CT molecular complexity index is 627. The first-order valence-corrected chi connectivity index (χ1v) is 8.56. The first-order chi connectivity index (χ1) is 9.56. The topological polar surface area (TPSA) is 75.3 Å². The molecule has 2 N–H and O–H groups in total. The van der Waals surface area contributed by atoms with Gasteiger partial charge in [-0.3, -0.25) is 4.79 Å². The molecule has 1 aromatic rings. The number of rotatable bonds is 3. The van der Waals surface area contributed by atoms with Crippen molar-refractivity contribution in [3.63, 3.8) is 0 Å². The quantitative estimate of drug-likeness (QED) is 0.863. The molecular weight excluding hydrogens is 276 g/mol. The molecule has 20 heavy (non-hydrogen) atoms.